The number of rotatable bonds is 11. The second-order valence-electron chi connectivity index (χ2n) is 13.7. The van der Waals surface area contributed by atoms with E-state index in [0.29, 0.717) is 13.0 Å². The molecule has 2 saturated heterocycles. The summed E-state index contributed by atoms with van der Waals surface area (Å²) in [6.07, 6.45) is 0.215. The van der Waals surface area contributed by atoms with Gasteiger partial charge in [0.05, 0.1) is 6.04 Å². The van der Waals surface area contributed by atoms with Gasteiger partial charge in [-0.1, -0.05) is 34.6 Å². The van der Waals surface area contributed by atoms with Crippen LogP contribution in [0.1, 0.15) is 47.5 Å². The van der Waals surface area contributed by atoms with Crippen molar-refractivity contribution in [1.82, 2.24) is 20.3 Å². The summed E-state index contributed by atoms with van der Waals surface area (Å²) in [5.74, 6) is -6.79. The lowest BCUT2D eigenvalue weighted by Gasteiger charge is -2.37. The lowest BCUT2D eigenvalue weighted by atomic mass is 9.86. The summed E-state index contributed by atoms with van der Waals surface area (Å²) in [7, 11) is -5.94. The van der Waals surface area contributed by atoms with Crippen molar-refractivity contribution in [2.24, 2.45) is 28.6 Å². The number of hydrogen-bond donors (Lipinski definition) is 3. The first-order chi connectivity index (χ1) is 21.1. The second-order valence-corrected chi connectivity index (χ2v) is 15.4. The van der Waals surface area contributed by atoms with Gasteiger partial charge in [0.1, 0.15) is 24.4 Å². The van der Waals surface area contributed by atoms with Gasteiger partial charge in [-0.3, -0.25) is 19.2 Å². The molecule has 2 heterocycles. The number of hydrogen-bond acceptors (Lipinski definition) is 7. The number of carbonyl (C=O) groups is 4. The number of sulfonamides is 1. The van der Waals surface area contributed by atoms with Crippen molar-refractivity contribution in [1.29, 1.82) is 0 Å². The van der Waals surface area contributed by atoms with E-state index in [4.69, 9.17) is 4.74 Å². The number of carbonyl (C=O) groups excluding carboxylic acids is 4. The summed E-state index contributed by atoms with van der Waals surface area (Å²) in [6, 6.07) is -1.86. The summed E-state index contributed by atoms with van der Waals surface area (Å²) in [5, 5.41) is 5.23. The van der Waals surface area contributed by atoms with Gasteiger partial charge in [-0.15, -0.1) is 0 Å². The molecule has 0 spiro atoms. The summed E-state index contributed by atoms with van der Waals surface area (Å²) in [6.45, 7) is 7.42. The first-order valence-corrected chi connectivity index (χ1v) is 16.1. The third kappa shape index (κ3) is 7.14. The zero-order valence-corrected chi connectivity index (χ0v) is 26.7. The Morgan fingerprint density at radius 2 is 1.78 bits per heavy atom. The van der Waals surface area contributed by atoms with E-state index in [1.54, 1.807) is 0 Å². The molecule has 1 saturated carbocycles. The SMILES string of the molecule is CC(C)(C)[C@H](NS(=O)(=O)C(F)(F)F)C(=O)N1C[C@H]2[C@@H]([C@H]1C(=O)N[C@@H](C[C@@H]1CCNC1=O)C(=O)COc1ccc(F)c(F)c1)C2(C)C. The van der Waals surface area contributed by atoms with E-state index in [-0.39, 0.29) is 30.5 Å². The molecule has 46 heavy (non-hydrogen) atoms. The van der Waals surface area contributed by atoms with Gasteiger partial charge in [0.15, 0.2) is 17.4 Å². The fourth-order valence-electron chi connectivity index (χ4n) is 6.30. The molecule has 4 rings (SSSR count). The normalized spacial score (nSPS) is 25.3. The van der Waals surface area contributed by atoms with E-state index in [1.165, 1.54) is 25.5 Å². The number of likely N-dealkylation sites (tertiary alicyclic amines) is 1. The summed E-state index contributed by atoms with van der Waals surface area (Å²) in [4.78, 5) is 54.4. The quantitative estimate of drug-likeness (QED) is 0.304. The molecule has 1 aromatic rings. The Kier molecular flexibility index (Phi) is 9.54. The molecule has 0 aromatic heterocycles. The number of Topliss-reactive ketones (excluding diaryl/α,β-unsaturated/α-hetero) is 1. The summed E-state index contributed by atoms with van der Waals surface area (Å²) in [5.41, 5.74) is -7.49. The molecule has 1 aliphatic carbocycles. The van der Waals surface area contributed by atoms with Crippen molar-refractivity contribution in [2.45, 2.75) is 71.1 Å². The van der Waals surface area contributed by atoms with Crippen LogP contribution in [-0.4, -0.2) is 80.2 Å². The van der Waals surface area contributed by atoms with E-state index in [2.05, 4.69) is 10.6 Å². The highest BCUT2D eigenvalue weighted by Gasteiger charge is 2.70. The number of halogens is 5. The Morgan fingerprint density at radius 3 is 2.33 bits per heavy atom. The number of alkyl halides is 3. The molecule has 11 nitrogen and oxygen atoms in total. The van der Waals surface area contributed by atoms with Crippen LogP contribution in [0.5, 0.6) is 5.75 Å². The van der Waals surface area contributed by atoms with E-state index in [1.807, 2.05) is 13.8 Å². The average molecular weight is 681 g/mol. The molecule has 256 valence electrons. The maximum atomic E-state index is 13.9. The molecular formula is C29H37F5N4O7S. The van der Waals surface area contributed by atoms with Crippen LogP contribution in [0.4, 0.5) is 22.0 Å². The van der Waals surface area contributed by atoms with Crippen molar-refractivity contribution in [2.75, 3.05) is 19.7 Å². The Hall–Kier alpha value is -3.34. The fraction of sp³-hybridized carbons (Fsp3) is 0.655. The highest BCUT2D eigenvalue weighted by molar-refractivity contribution is 7.90. The number of ether oxygens (including phenoxy) is 1. The minimum Gasteiger partial charge on any atom is -0.486 e. The van der Waals surface area contributed by atoms with E-state index < -0.39 is 92.2 Å². The second kappa shape index (κ2) is 12.4. The fourth-order valence-corrected chi connectivity index (χ4v) is 7.20. The predicted octanol–water partition coefficient (Wildman–Crippen LogP) is 2.26. The van der Waals surface area contributed by atoms with E-state index in [0.717, 1.165) is 23.1 Å². The highest BCUT2D eigenvalue weighted by atomic mass is 32.2. The van der Waals surface area contributed by atoms with Gasteiger partial charge in [-0.05, 0) is 47.6 Å². The number of fused-ring (bicyclic) bond motifs is 1. The van der Waals surface area contributed by atoms with Crippen LogP contribution in [0.3, 0.4) is 0 Å². The molecule has 3 amide bonds. The van der Waals surface area contributed by atoms with Crippen molar-refractivity contribution in [3.05, 3.63) is 29.8 Å². The zero-order valence-electron chi connectivity index (χ0n) is 25.8. The third-order valence-corrected chi connectivity index (χ3v) is 10.3. The van der Waals surface area contributed by atoms with Crippen LogP contribution in [0, 0.1) is 40.2 Å². The first-order valence-electron chi connectivity index (χ1n) is 14.6. The first kappa shape index (κ1) is 35.5. The molecule has 6 atom stereocenters. The average Bonchev–Trinajstić information content (AvgIpc) is 3.27. The third-order valence-electron chi connectivity index (χ3n) is 9.11. The van der Waals surface area contributed by atoms with Gasteiger partial charge >= 0.3 is 15.5 Å². The molecule has 0 unspecified atom stereocenters. The smallest absolute Gasteiger partial charge is 0.486 e. The van der Waals surface area contributed by atoms with Gasteiger partial charge in [-0.25, -0.2) is 17.2 Å². The molecule has 0 radical (unpaired) electrons. The number of benzene rings is 1. The number of nitrogens with one attached hydrogen (secondary N) is 3. The van der Waals surface area contributed by atoms with Crippen LogP contribution in [0.2, 0.25) is 0 Å². The lowest BCUT2D eigenvalue weighted by molar-refractivity contribution is -0.144. The number of piperidine rings is 1. The van der Waals surface area contributed by atoms with E-state index >= 15 is 0 Å². The standard InChI is InChI=1S/C29H37F5N4O7S/c1-27(2,3)23(37-46(43,44)29(32,33)34)26(42)38-12-16-21(28(16,4)5)22(38)25(41)36-19(10-14-8-9-35-24(14)40)20(39)13-45-15-6-7-17(30)18(31)11-15/h6-7,11,14,16,19,21-23,37H,8-10,12-13H2,1-5H3,(H,35,40)(H,36,41)/t14-,16-,19-,21-,22-,23+/m0/s1. The van der Waals surface area contributed by atoms with Crippen LogP contribution in [0.15, 0.2) is 18.2 Å². The van der Waals surface area contributed by atoms with E-state index in [9.17, 15) is 49.5 Å². The summed E-state index contributed by atoms with van der Waals surface area (Å²) < 4.78 is 97.6. The summed E-state index contributed by atoms with van der Waals surface area (Å²) >= 11 is 0. The monoisotopic (exact) mass is 680 g/mol. The molecule has 3 aliphatic rings. The number of amides is 3. The minimum atomic E-state index is -5.94. The van der Waals surface area contributed by atoms with Gasteiger partial charge in [-0.2, -0.15) is 17.9 Å². The van der Waals surface area contributed by atoms with Crippen LogP contribution in [0.25, 0.3) is 0 Å². The van der Waals surface area contributed by atoms with Gasteiger partial charge < -0.3 is 20.3 Å². The predicted molar refractivity (Wildman–Crippen MR) is 152 cm³/mol. The maximum absolute atomic E-state index is 13.9. The lowest BCUT2D eigenvalue weighted by Crippen LogP contribution is -2.61. The Labute approximate surface area is 263 Å². The van der Waals surface area contributed by atoms with Gasteiger partial charge in [0.25, 0.3) is 0 Å². The molecule has 17 heteroatoms. The topological polar surface area (TPSA) is 151 Å². The van der Waals surface area contributed by atoms with Crippen molar-refractivity contribution < 1.29 is 54.3 Å². The Morgan fingerprint density at radius 1 is 1.13 bits per heavy atom. The molecule has 3 fully saturated rings. The Bertz CT molecular complexity index is 1510. The maximum Gasteiger partial charge on any atom is 0.511 e. The van der Waals surface area contributed by atoms with Gasteiger partial charge in [0, 0.05) is 25.1 Å². The molecule has 3 N–H and O–H groups in total. The van der Waals surface area contributed by atoms with Crippen molar-refractivity contribution in [3.8, 4) is 5.75 Å². The molecular weight excluding hydrogens is 643 g/mol. The van der Waals surface area contributed by atoms with Crippen molar-refractivity contribution >= 4 is 33.5 Å². The van der Waals surface area contributed by atoms with Crippen molar-refractivity contribution in [3.63, 3.8) is 0 Å². The largest absolute Gasteiger partial charge is 0.511 e. The number of ketones is 1. The molecule has 2 aliphatic heterocycles. The zero-order chi connectivity index (χ0) is 34.6. The number of nitrogens with zero attached hydrogens (tertiary/aromatic N) is 1. The van der Waals surface area contributed by atoms with Crippen LogP contribution < -0.4 is 20.1 Å². The molecule has 1 aromatic carbocycles. The highest BCUT2D eigenvalue weighted by Crippen LogP contribution is 2.65. The Balaban J connectivity index is 1.59. The molecule has 0 bridgehead atoms. The minimum absolute atomic E-state index is 0.0439. The van der Waals surface area contributed by atoms with Crippen LogP contribution >= 0.6 is 0 Å². The van der Waals surface area contributed by atoms with Gasteiger partial charge in [0.2, 0.25) is 17.7 Å². The van der Waals surface area contributed by atoms with Crippen LogP contribution in [-0.2, 0) is 29.2 Å².